The molecule has 0 fully saturated rings. The second-order valence-corrected chi connectivity index (χ2v) is 4.07. The summed E-state index contributed by atoms with van der Waals surface area (Å²) in [7, 11) is 0. The first-order valence-corrected chi connectivity index (χ1v) is 6.52. The van der Waals surface area contributed by atoms with Crippen molar-refractivity contribution in [2.75, 3.05) is 18.9 Å². The zero-order chi connectivity index (χ0) is 14.4. The van der Waals surface area contributed by atoms with Crippen molar-refractivity contribution in [1.82, 2.24) is 15.0 Å². The van der Waals surface area contributed by atoms with E-state index in [4.69, 9.17) is 15.2 Å². The maximum absolute atomic E-state index is 5.81. The van der Waals surface area contributed by atoms with Crippen molar-refractivity contribution < 1.29 is 9.47 Å². The molecule has 0 aliphatic heterocycles. The highest BCUT2D eigenvalue weighted by Gasteiger charge is 2.07. The zero-order valence-corrected chi connectivity index (χ0v) is 11.7. The van der Waals surface area contributed by atoms with Gasteiger partial charge in [0.1, 0.15) is 18.2 Å². The van der Waals surface area contributed by atoms with E-state index in [1.165, 1.54) is 0 Å². The summed E-state index contributed by atoms with van der Waals surface area (Å²) in [4.78, 5) is 12.7. The third kappa shape index (κ3) is 3.64. The lowest BCUT2D eigenvalue weighted by atomic mass is 10.2. The van der Waals surface area contributed by atoms with Crippen LogP contribution in [0.3, 0.4) is 0 Å². The van der Waals surface area contributed by atoms with Gasteiger partial charge < -0.3 is 15.2 Å². The van der Waals surface area contributed by atoms with Crippen LogP contribution in [0.2, 0.25) is 0 Å². The van der Waals surface area contributed by atoms with Gasteiger partial charge in [0.25, 0.3) is 0 Å². The molecular weight excluding hydrogens is 256 g/mol. The van der Waals surface area contributed by atoms with Crippen LogP contribution >= 0.6 is 0 Å². The minimum absolute atomic E-state index is 0.340. The van der Waals surface area contributed by atoms with Gasteiger partial charge in [-0.25, -0.2) is 9.97 Å². The topological polar surface area (TPSA) is 83.2 Å². The molecule has 0 saturated carbocycles. The van der Waals surface area contributed by atoms with Crippen LogP contribution in [0.5, 0.6) is 5.75 Å². The van der Waals surface area contributed by atoms with E-state index in [1.807, 2.05) is 19.9 Å². The van der Waals surface area contributed by atoms with Crippen LogP contribution in [-0.4, -0.2) is 28.2 Å². The Morgan fingerprint density at radius 2 is 1.95 bits per heavy atom. The Labute approximate surface area is 118 Å². The van der Waals surface area contributed by atoms with Crippen molar-refractivity contribution in [2.24, 2.45) is 0 Å². The molecule has 0 spiro atoms. The molecule has 6 heteroatoms. The summed E-state index contributed by atoms with van der Waals surface area (Å²) in [6.07, 6.45) is 3.38. The fraction of sp³-hybridized carbons (Fsp3) is 0.357. The van der Waals surface area contributed by atoms with Gasteiger partial charge in [-0.15, -0.1) is 0 Å². The number of nitrogens with zero attached hydrogens (tertiary/aromatic N) is 3. The maximum Gasteiger partial charge on any atom is 0.157 e. The number of nitrogens with two attached hydrogens (primary N) is 1. The van der Waals surface area contributed by atoms with Gasteiger partial charge in [0.05, 0.1) is 18.5 Å². The summed E-state index contributed by atoms with van der Waals surface area (Å²) in [5, 5.41) is 0. The molecule has 20 heavy (non-hydrogen) atoms. The Morgan fingerprint density at radius 3 is 2.70 bits per heavy atom. The van der Waals surface area contributed by atoms with Gasteiger partial charge in [0.2, 0.25) is 0 Å². The molecule has 2 rings (SSSR count). The third-order valence-electron chi connectivity index (χ3n) is 2.55. The first kappa shape index (κ1) is 14.2. The van der Waals surface area contributed by atoms with Gasteiger partial charge in [-0.2, -0.15) is 0 Å². The standard InChI is InChI=1S/C14H18N4O2/c1-3-19-9-14-17-12(6-13(15)18-14)10-5-11(20-4-2)8-16-7-10/h5-8H,3-4,9H2,1-2H3,(H2,15,17,18). The summed E-state index contributed by atoms with van der Waals surface area (Å²) in [5.41, 5.74) is 7.35. The van der Waals surface area contributed by atoms with E-state index in [1.54, 1.807) is 18.5 Å². The minimum Gasteiger partial charge on any atom is -0.492 e. The molecule has 0 atom stereocenters. The second-order valence-electron chi connectivity index (χ2n) is 4.07. The monoisotopic (exact) mass is 274 g/mol. The Morgan fingerprint density at radius 1 is 1.10 bits per heavy atom. The van der Waals surface area contributed by atoms with Crippen LogP contribution in [0.25, 0.3) is 11.3 Å². The molecule has 0 bridgehead atoms. The number of hydrogen-bond donors (Lipinski definition) is 1. The minimum atomic E-state index is 0.340. The molecule has 0 aliphatic carbocycles. The number of pyridine rings is 1. The smallest absolute Gasteiger partial charge is 0.157 e. The summed E-state index contributed by atoms with van der Waals surface area (Å²) < 4.78 is 10.7. The number of nitrogen functional groups attached to an aromatic ring is 1. The molecule has 2 N–H and O–H groups in total. The highest BCUT2D eigenvalue weighted by molar-refractivity contribution is 5.62. The number of anilines is 1. The lowest BCUT2D eigenvalue weighted by molar-refractivity contribution is 0.128. The summed E-state index contributed by atoms with van der Waals surface area (Å²) in [6.45, 7) is 5.38. The lowest BCUT2D eigenvalue weighted by Crippen LogP contribution is -2.03. The van der Waals surface area contributed by atoms with E-state index in [0.29, 0.717) is 42.9 Å². The molecule has 0 saturated heterocycles. The van der Waals surface area contributed by atoms with Crippen molar-refractivity contribution in [3.63, 3.8) is 0 Å². The van der Waals surface area contributed by atoms with Crippen LogP contribution < -0.4 is 10.5 Å². The van der Waals surface area contributed by atoms with Crippen LogP contribution in [-0.2, 0) is 11.3 Å². The normalized spacial score (nSPS) is 10.5. The predicted molar refractivity (Wildman–Crippen MR) is 76.2 cm³/mol. The van der Waals surface area contributed by atoms with Crippen LogP contribution in [0.4, 0.5) is 5.82 Å². The molecule has 0 amide bonds. The van der Waals surface area contributed by atoms with E-state index in [0.717, 1.165) is 5.56 Å². The number of rotatable bonds is 6. The van der Waals surface area contributed by atoms with E-state index in [-0.39, 0.29) is 0 Å². The van der Waals surface area contributed by atoms with Crippen LogP contribution in [0, 0.1) is 0 Å². The fourth-order valence-corrected chi connectivity index (χ4v) is 1.73. The molecular formula is C14H18N4O2. The lowest BCUT2D eigenvalue weighted by Gasteiger charge is -2.07. The van der Waals surface area contributed by atoms with Crippen molar-refractivity contribution in [2.45, 2.75) is 20.5 Å². The van der Waals surface area contributed by atoms with Crippen molar-refractivity contribution in [3.05, 3.63) is 30.4 Å². The van der Waals surface area contributed by atoms with Gasteiger partial charge >= 0.3 is 0 Å². The molecule has 2 aromatic heterocycles. The third-order valence-corrected chi connectivity index (χ3v) is 2.55. The molecule has 0 radical (unpaired) electrons. The molecule has 0 unspecified atom stereocenters. The van der Waals surface area contributed by atoms with Crippen LogP contribution in [0.15, 0.2) is 24.5 Å². The predicted octanol–water partition coefficient (Wildman–Crippen LogP) is 2.06. The Hall–Kier alpha value is -2.21. The van der Waals surface area contributed by atoms with E-state index < -0.39 is 0 Å². The molecule has 2 heterocycles. The second kappa shape index (κ2) is 6.81. The average molecular weight is 274 g/mol. The van der Waals surface area contributed by atoms with Gasteiger partial charge in [-0.1, -0.05) is 0 Å². The number of aromatic nitrogens is 3. The average Bonchev–Trinajstić information content (AvgIpc) is 2.45. The SMILES string of the molecule is CCOCc1nc(N)cc(-c2cncc(OCC)c2)n1. The first-order valence-electron chi connectivity index (χ1n) is 6.52. The van der Waals surface area contributed by atoms with Gasteiger partial charge in [0, 0.05) is 24.4 Å². The summed E-state index contributed by atoms with van der Waals surface area (Å²) >= 11 is 0. The van der Waals surface area contributed by atoms with Crippen molar-refractivity contribution >= 4 is 5.82 Å². The molecule has 106 valence electrons. The first-order chi connectivity index (χ1) is 9.72. The largest absolute Gasteiger partial charge is 0.492 e. The summed E-state index contributed by atoms with van der Waals surface area (Å²) in [5.74, 6) is 1.67. The quantitative estimate of drug-likeness (QED) is 0.868. The zero-order valence-electron chi connectivity index (χ0n) is 11.7. The fourth-order valence-electron chi connectivity index (χ4n) is 1.73. The number of ether oxygens (including phenoxy) is 2. The Bertz CT molecular complexity index is 575. The van der Waals surface area contributed by atoms with Crippen LogP contribution in [0.1, 0.15) is 19.7 Å². The maximum atomic E-state index is 5.81. The highest BCUT2D eigenvalue weighted by Crippen LogP contribution is 2.22. The molecule has 0 aromatic carbocycles. The Kier molecular flexibility index (Phi) is 4.84. The van der Waals surface area contributed by atoms with Crippen molar-refractivity contribution in [3.8, 4) is 17.0 Å². The summed E-state index contributed by atoms with van der Waals surface area (Å²) in [6, 6.07) is 3.59. The molecule has 0 aliphatic rings. The van der Waals surface area contributed by atoms with E-state index in [9.17, 15) is 0 Å². The van der Waals surface area contributed by atoms with Gasteiger partial charge in [-0.05, 0) is 19.9 Å². The van der Waals surface area contributed by atoms with Crippen molar-refractivity contribution in [1.29, 1.82) is 0 Å². The molecule has 6 nitrogen and oxygen atoms in total. The van der Waals surface area contributed by atoms with Gasteiger partial charge in [0.15, 0.2) is 5.82 Å². The van der Waals surface area contributed by atoms with Gasteiger partial charge in [-0.3, -0.25) is 4.98 Å². The number of hydrogen-bond acceptors (Lipinski definition) is 6. The highest BCUT2D eigenvalue weighted by atomic mass is 16.5. The van der Waals surface area contributed by atoms with E-state index in [2.05, 4.69) is 15.0 Å². The molecule has 2 aromatic rings. The Balaban J connectivity index is 2.31. The van der Waals surface area contributed by atoms with E-state index >= 15 is 0 Å².